The second-order valence-electron chi connectivity index (χ2n) is 4.00. The molecule has 1 aromatic carbocycles. The van der Waals surface area contributed by atoms with E-state index in [0.717, 1.165) is 10.9 Å². The Hall–Kier alpha value is -1.90. The Morgan fingerprint density at radius 3 is 2.75 bits per heavy atom. The Kier molecular flexibility index (Phi) is 2.86. The zero-order chi connectivity index (χ0) is 11.5. The topological polar surface area (TPSA) is 42.0 Å². The summed E-state index contributed by atoms with van der Waals surface area (Å²) in [5, 5.41) is 3.78. The Morgan fingerprint density at radius 1 is 1.25 bits per heavy atom. The van der Waals surface area contributed by atoms with E-state index in [0.29, 0.717) is 5.56 Å². The Balaban J connectivity index is 2.48. The molecule has 0 aliphatic rings. The maximum absolute atomic E-state index is 11.9. The van der Waals surface area contributed by atoms with Crippen molar-refractivity contribution in [3.63, 3.8) is 0 Å². The molecule has 1 N–H and O–H groups in total. The van der Waals surface area contributed by atoms with Crippen molar-refractivity contribution >= 4 is 16.8 Å². The van der Waals surface area contributed by atoms with Crippen molar-refractivity contribution in [2.24, 2.45) is 0 Å². The van der Waals surface area contributed by atoms with Gasteiger partial charge in [0.15, 0.2) is 0 Å². The zero-order valence-corrected chi connectivity index (χ0v) is 9.40. The highest BCUT2D eigenvalue weighted by Gasteiger charge is 2.10. The number of carbonyl (C=O) groups is 1. The van der Waals surface area contributed by atoms with Gasteiger partial charge in [-0.05, 0) is 26.0 Å². The van der Waals surface area contributed by atoms with Gasteiger partial charge in [-0.15, -0.1) is 0 Å². The third-order valence-corrected chi connectivity index (χ3v) is 2.31. The molecule has 0 saturated heterocycles. The number of pyridine rings is 1. The summed E-state index contributed by atoms with van der Waals surface area (Å²) in [6.45, 7) is 3.89. The molecule has 0 unspecified atom stereocenters. The van der Waals surface area contributed by atoms with E-state index in [-0.39, 0.29) is 11.9 Å². The van der Waals surface area contributed by atoms with Gasteiger partial charge in [-0.3, -0.25) is 9.78 Å². The zero-order valence-electron chi connectivity index (χ0n) is 9.40. The fraction of sp³-hybridized carbons (Fsp3) is 0.231. The summed E-state index contributed by atoms with van der Waals surface area (Å²) in [6.07, 6.45) is 1.66. The number of hydrogen-bond acceptors (Lipinski definition) is 2. The van der Waals surface area contributed by atoms with E-state index in [9.17, 15) is 4.79 Å². The second kappa shape index (κ2) is 4.31. The summed E-state index contributed by atoms with van der Waals surface area (Å²) >= 11 is 0. The fourth-order valence-electron chi connectivity index (χ4n) is 1.63. The molecular formula is C13H14N2O. The van der Waals surface area contributed by atoms with Crippen LogP contribution in [0.15, 0.2) is 36.5 Å². The molecule has 1 heterocycles. The molecule has 1 amide bonds. The van der Waals surface area contributed by atoms with E-state index in [1.165, 1.54) is 0 Å². The van der Waals surface area contributed by atoms with Gasteiger partial charge in [-0.25, -0.2) is 0 Å². The lowest BCUT2D eigenvalue weighted by Crippen LogP contribution is -2.30. The molecule has 0 saturated carbocycles. The van der Waals surface area contributed by atoms with Crippen LogP contribution >= 0.6 is 0 Å². The van der Waals surface area contributed by atoms with Gasteiger partial charge in [0.25, 0.3) is 5.91 Å². The summed E-state index contributed by atoms with van der Waals surface area (Å²) in [7, 11) is 0. The number of amides is 1. The van der Waals surface area contributed by atoms with Gasteiger partial charge in [-0.1, -0.05) is 18.2 Å². The molecule has 0 aliphatic carbocycles. The van der Waals surface area contributed by atoms with Crippen LogP contribution in [0.25, 0.3) is 10.9 Å². The van der Waals surface area contributed by atoms with E-state index < -0.39 is 0 Å². The fourth-order valence-corrected chi connectivity index (χ4v) is 1.63. The lowest BCUT2D eigenvalue weighted by molar-refractivity contribution is 0.0944. The van der Waals surface area contributed by atoms with Gasteiger partial charge in [0.05, 0.1) is 11.1 Å². The summed E-state index contributed by atoms with van der Waals surface area (Å²) in [6, 6.07) is 9.54. The van der Waals surface area contributed by atoms with Crippen molar-refractivity contribution in [1.82, 2.24) is 10.3 Å². The van der Waals surface area contributed by atoms with Crippen molar-refractivity contribution in [3.8, 4) is 0 Å². The van der Waals surface area contributed by atoms with E-state index >= 15 is 0 Å². The molecule has 82 valence electrons. The number of nitrogens with zero attached hydrogens (tertiary/aromatic N) is 1. The lowest BCUT2D eigenvalue weighted by atomic mass is 10.1. The number of rotatable bonds is 2. The van der Waals surface area contributed by atoms with Gasteiger partial charge < -0.3 is 5.32 Å². The first kappa shape index (κ1) is 10.6. The van der Waals surface area contributed by atoms with Crippen LogP contribution in [0.2, 0.25) is 0 Å². The SMILES string of the molecule is CC(C)NC(=O)c1ccnc2ccccc12. The van der Waals surface area contributed by atoms with E-state index in [4.69, 9.17) is 0 Å². The number of benzene rings is 1. The molecule has 0 fully saturated rings. The first-order valence-electron chi connectivity index (χ1n) is 5.33. The van der Waals surface area contributed by atoms with Gasteiger partial charge in [0, 0.05) is 17.6 Å². The predicted molar refractivity (Wildman–Crippen MR) is 64.3 cm³/mol. The average Bonchev–Trinajstić information content (AvgIpc) is 2.27. The third kappa shape index (κ3) is 2.03. The van der Waals surface area contributed by atoms with Crippen LogP contribution in [0.1, 0.15) is 24.2 Å². The highest BCUT2D eigenvalue weighted by molar-refractivity contribution is 6.06. The molecular weight excluding hydrogens is 200 g/mol. The Bertz CT molecular complexity index is 515. The standard InChI is InChI=1S/C13H14N2O/c1-9(2)15-13(16)11-7-8-14-12-6-4-3-5-10(11)12/h3-9H,1-2H3,(H,15,16). The molecule has 0 bridgehead atoms. The predicted octanol–water partition coefficient (Wildman–Crippen LogP) is 2.37. The van der Waals surface area contributed by atoms with E-state index in [1.54, 1.807) is 12.3 Å². The minimum absolute atomic E-state index is 0.0476. The van der Waals surface area contributed by atoms with Crippen LogP contribution in [-0.4, -0.2) is 16.9 Å². The normalized spacial score (nSPS) is 10.7. The van der Waals surface area contributed by atoms with Gasteiger partial charge in [0.1, 0.15) is 0 Å². The van der Waals surface area contributed by atoms with Crippen molar-refractivity contribution in [3.05, 3.63) is 42.1 Å². The molecule has 0 aliphatic heterocycles. The number of aromatic nitrogens is 1. The van der Waals surface area contributed by atoms with Crippen molar-refractivity contribution in [2.75, 3.05) is 0 Å². The van der Waals surface area contributed by atoms with Gasteiger partial charge in [-0.2, -0.15) is 0 Å². The van der Waals surface area contributed by atoms with Crippen molar-refractivity contribution in [1.29, 1.82) is 0 Å². The number of para-hydroxylation sites is 1. The maximum Gasteiger partial charge on any atom is 0.252 e. The van der Waals surface area contributed by atoms with Crippen LogP contribution in [0.3, 0.4) is 0 Å². The lowest BCUT2D eigenvalue weighted by Gasteiger charge is -2.09. The summed E-state index contributed by atoms with van der Waals surface area (Å²) in [5.74, 6) is -0.0476. The third-order valence-electron chi connectivity index (χ3n) is 2.31. The molecule has 2 aromatic rings. The van der Waals surface area contributed by atoms with Crippen LogP contribution in [-0.2, 0) is 0 Å². The smallest absolute Gasteiger partial charge is 0.252 e. The average molecular weight is 214 g/mol. The highest BCUT2D eigenvalue weighted by Crippen LogP contribution is 2.15. The monoisotopic (exact) mass is 214 g/mol. The molecule has 3 heteroatoms. The quantitative estimate of drug-likeness (QED) is 0.833. The van der Waals surface area contributed by atoms with Gasteiger partial charge in [0.2, 0.25) is 0 Å². The van der Waals surface area contributed by atoms with Crippen LogP contribution in [0.5, 0.6) is 0 Å². The molecule has 0 atom stereocenters. The first-order valence-corrected chi connectivity index (χ1v) is 5.33. The second-order valence-corrected chi connectivity index (χ2v) is 4.00. The number of carbonyl (C=O) groups excluding carboxylic acids is 1. The largest absolute Gasteiger partial charge is 0.350 e. The molecule has 0 radical (unpaired) electrons. The summed E-state index contributed by atoms with van der Waals surface area (Å²) < 4.78 is 0. The number of hydrogen-bond donors (Lipinski definition) is 1. The first-order chi connectivity index (χ1) is 7.68. The number of nitrogens with one attached hydrogen (secondary N) is 1. The molecule has 16 heavy (non-hydrogen) atoms. The molecule has 3 nitrogen and oxygen atoms in total. The highest BCUT2D eigenvalue weighted by atomic mass is 16.1. The maximum atomic E-state index is 11.9. The molecule has 2 rings (SSSR count). The Labute approximate surface area is 94.5 Å². The van der Waals surface area contributed by atoms with Crippen molar-refractivity contribution in [2.45, 2.75) is 19.9 Å². The van der Waals surface area contributed by atoms with Crippen LogP contribution < -0.4 is 5.32 Å². The van der Waals surface area contributed by atoms with Crippen LogP contribution in [0.4, 0.5) is 0 Å². The van der Waals surface area contributed by atoms with E-state index in [2.05, 4.69) is 10.3 Å². The minimum Gasteiger partial charge on any atom is -0.350 e. The molecule has 0 spiro atoms. The van der Waals surface area contributed by atoms with Crippen molar-refractivity contribution < 1.29 is 4.79 Å². The van der Waals surface area contributed by atoms with Gasteiger partial charge >= 0.3 is 0 Å². The summed E-state index contributed by atoms with van der Waals surface area (Å²) in [4.78, 5) is 16.2. The number of fused-ring (bicyclic) bond motifs is 1. The molecule has 1 aromatic heterocycles. The minimum atomic E-state index is -0.0476. The van der Waals surface area contributed by atoms with Crippen LogP contribution in [0, 0.1) is 0 Å². The summed E-state index contributed by atoms with van der Waals surface area (Å²) in [5.41, 5.74) is 1.53. The van der Waals surface area contributed by atoms with E-state index in [1.807, 2.05) is 38.1 Å². The Morgan fingerprint density at radius 2 is 2.00 bits per heavy atom.